The Balaban J connectivity index is 2.90. The van der Waals surface area contributed by atoms with Crippen molar-refractivity contribution in [2.45, 2.75) is 32.6 Å². The number of hydrogen-bond acceptors (Lipinski definition) is 4. The first-order valence-electron chi connectivity index (χ1n) is 5.16. The molecule has 0 heterocycles. The third-order valence-electron chi connectivity index (χ3n) is 2.80. The van der Waals surface area contributed by atoms with Crippen LogP contribution in [0.1, 0.15) is 32.8 Å². The second-order valence-corrected chi connectivity index (χ2v) is 5.43. The number of hydrogen-bond donors (Lipinski definition) is 0. The zero-order chi connectivity index (χ0) is 13.1. The standard InChI is InChI=1S/C11H15FO4S/c1-4-11(2,3)9-5-7-10(8-6-9)15-17(13,14)16-12/h5-8H,4H2,1-3H3. The summed E-state index contributed by atoms with van der Waals surface area (Å²) < 4.78 is 40.0. The Morgan fingerprint density at radius 2 is 1.76 bits per heavy atom. The fourth-order valence-electron chi connectivity index (χ4n) is 1.30. The van der Waals surface area contributed by atoms with Gasteiger partial charge in [0.05, 0.1) is 0 Å². The van der Waals surface area contributed by atoms with E-state index in [0.29, 0.717) is 0 Å². The van der Waals surface area contributed by atoms with Gasteiger partial charge in [0.15, 0.2) is 0 Å². The van der Waals surface area contributed by atoms with Crippen molar-refractivity contribution in [1.82, 2.24) is 0 Å². The van der Waals surface area contributed by atoms with E-state index < -0.39 is 10.4 Å². The van der Waals surface area contributed by atoms with Gasteiger partial charge in [-0.25, -0.2) is 0 Å². The Kier molecular flexibility index (Phi) is 4.11. The molecule has 0 N–H and O–H groups in total. The maximum atomic E-state index is 11.6. The van der Waals surface area contributed by atoms with Crippen LogP contribution in [-0.2, 0) is 20.2 Å². The van der Waals surface area contributed by atoms with E-state index >= 15 is 0 Å². The Hall–Kier alpha value is -1.14. The van der Waals surface area contributed by atoms with Crippen molar-refractivity contribution in [3.05, 3.63) is 29.8 Å². The summed E-state index contributed by atoms with van der Waals surface area (Å²) in [5, 5.41) is 0. The van der Waals surface area contributed by atoms with E-state index in [1.54, 1.807) is 12.1 Å². The van der Waals surface area contributed by atoms with E-state index in [2.05, 4.69) is 29.3 Å². The van der Waals surface area contributed by atoms with Crippen LogP contribution in [0, 0.1) is 0 Å². The van der Waals surface area contributed by atoms with E-state index in [9.17, 15) is 12.9 Å². The predicted molar refractivity (Wildman–Crippen MR) is 61.5 cm³/mol. The second-order valence-electron chi connectivity index (χ2n) is 4.32. The summed E-state index contributed by atoms with van der Waals surface area (Å²) in [4.78, 5) is 0. The molecule has 0 atom stereocenters. The molecular formula is C11H15FO4S. The SMILES string of the molecule is CCC(C)(C)c1ccc(OS(=O)(=O)OF)cc1. The first kappa shape index (κ1) is 13.9. The molecule has 0 radical (unpaired) electrons. The summed E-state index contributed by atoms with van der Waals surface area (Å²) in [5.74, 6) is 0.0123. The van der Waals surface area contributed by atoms with Gasteiger partial charge >= 0.3 is 10.4 Å². The normalized spacial score (nSPS) is 12.5. The molecule has 0 bridgehead atoms. The molecule has 6 heteroatoms. The van der Waals surface area contributed by atoms with E-state index in [-0.39, 0.29) is 11.2 Å². The van der Waals surface area contributed by atoms with E-state index in [1.807, 2.05) is 0 Å². The van der Waals surface area contributed by atoms with Gasteiger partial charge in [0, 0.05) is 0 Å². The van der Waals surface area contributed by atoms with Crippen LogP contribution in [-0.4, -0.2) is 8.42 Å². The van der Waals surface area contributed by atoms with Gasteiger partial charge in [-0.15, -0.1) is 0 Å². The molecule has 0 fully saturated rings. The quantitative estimate of drug-likeness (QED) is 0.818. The summed E-state index contributed by atoms with van der Waals surface area (Å²) >= 11 is 0. The lowest BCUT2D eigenvalue weighted by Crippen LogP contribution is -2.15. The lowest BCUT2D eigenvalue weighted by Gasteiger charge is -2.23. The van der Waals surface area contributed by atoms with E-state index in [0.717, 1.165) is 12.0 Å². The first-order valence-corrected chi connectivity index (χ1v) is 6.49. The predicted octanol–water partition coefficient (Wildman–Crippen LogP) is 2.90. The topological polar surface area (TPSA) is 52.6 Å². The molecule has 0 spiro atoms. The molecule has 1 aromatic rings. The number of benzene rings is 1. The number of halogens is 1. The molecule has 17 heavy (non-hydrogen) atoms. The summed E-state index contributed by atoms with van der Waals surface area (Å²) in [7, 11) is -4.59. The first-order chi connectivity index (χ1) is 7.80. The van der Waals surface area contributed by atoms with Gasteiger partial charge in [0.2, 0.25) is 0 Å². The molecule has 0 aliphatic rings. The second kappa shape index (κ2) is 5.01. The van der Waals surface area contributed by atoms with Gasteiger partial charge in [-0.05, 0) is 38.4 Å². The third kappa shape index (κ3) is 3.67. The molecule has 4 nitrogen and oxygen atoms in total. The number of rotatable bonds is 5. The highest BCUT2D eigenvalue weighted by Gasteiger charge is 2.19. The van der Waals surface area contributed by atoms with Gasteiger partial charge in [0.1, 0.15) is 5.75 Å². The summed E-state index contributed by atoms with van der Waals surface area (Å²) in [6.45, 7) is 6.21. The van der Waals surface area contributed by atoms with Crippen molar-refractivity contribution in [3.63, 3.8) is 0 Å². The molecule has 0 aliphatic carbocycles. The Bertz CT molecular complexity index is 465. The van der Waals surface area contributed by atoms with Crippen LogP contribution in [0.5, 0.6) is 5.75 Å². The van der Waals surface area contributed by atoms with Crippen LogP contribution in [0.15, 0.2) is 24.3 Å². The van der Waals surface area contributed by atoms with Gasteiger partial charge in [-0.3, -0.25) is 0 Å². The minimum atomic E-state index is -4.59. The van der Waals surface area contributed by atoms with Crippen molar-refractivity contribution < 1.29 is 21.5 Å². The highest BCUT2D eigenvalue weighted by atomic mass is 32.3. The molecule has 0 saturated carbocycles. The highest BCUT2D eigenvalue weighted by molar-refractivity contribution is 7.82. The minimum absolute atomic E-state index is 0.00596. The van der Waals surface area contributed by atoms with Gasteiger partial charge in [-0.2, -0.15) is 8.42 Å². The van der Waals surface area contributed by atoms with Crippen LogP contribution in [0.4, 0.5) is 4.53 Å². The molecule has 0 unspecified atom stereocenters. The molecular weight excluding hydrogens is 247 g/mol. The molecule has 0 amide bonds. The van der Waals surface area contributed by atoms with Crippen molar-refractivity contribution >= 4 is 10.4 Å². The molecule has 0 aliphatic heterocycles. The average Bonchev–Trinajstić information content (AvgIpc) is 2.29. The molecule has 96 valence electrons. The third-order valence-corrected chi connectivity index (χ3v) is 3.35. The lowest BCUT2D eigenvalue weighted by atomic mass is 9.82. The van der Waals surface area contributed by atoms with Crippen molar-refractivity contribution in [2.75, 3.05) is 0 Å². The smallest absolute Gasteiger partial charge is 0.360 e. The average molecular weight is 262 g/mol. The van der Waals surface area contributed by atoms with Crippen LogP contribution in [0.3, 0.4) is 0 Å². The van der Waals surface area contributed by atoms with Crippen molar-refractivity contribution in [1.29, 1.82) is 0 Å². The molecule has 1 rings (SSSR count). The fourth-order valence-corrected chi connectivity index (χ4v) is 1.67. The Morgan fingerprint density at radius 3 is 2.18 bits per heavy atom. The summed E-state index contributed by atoms with van der Waals surface area (Å²) in [5.41, 5.74) is 1.04. The maximum Gasteiger partial charge on any atom is 0.480 e. The Labute approximate surface area is 101 Å². The largest absolute Gasteiger partial charge is 0.480 e. The van der Waals surface area contributed by atoms with Gasteiger partial charge in [-0.1, -0.05) is 32.9 Å². The van der Waals surface area contributed by atoms with Crippen LogP contribution < -0.4 is 4.18 Å². The molecule has 1 aromatic carbocycles. The zero-order valence-electron chi connectivity index (χ0n) is 9.94. The van der Waals surface area contributed by atoms with Crippen molar-refractivity contribution in [3.8, 4) is 5.75 Å². The molecule has 0 saturated heterocycles. The van der Waals surface area contributed by atoms with E-state index in [1.165, 1.54) is 12.1 Å². The lowest BCUT2D eigenvalue weighted by molar-refractivity contribution is -0.00946. The van der Waals surface area contributed by atoms with Crippen molar-refractivity contribution in [2.24, 2.45) is 0 Å². The van der Waals surface area contributed by atoms with Crippen LogP contribution in [0.2, 0.25) is 0 Å². The summed E-state index contributed by atoms with van der Waals surface area (Å²) in [6.07, 6.45) is 0.944. The van der Waals surface area contributed by atoms with Crippen LogP contribution in [0.25, 0.3) is 0 Å². The highest BCUT2D eigenvalue weighted by Crippen LogP contribution is 2.28. The van der Waals surface area contributed by atoms with Gasteiger partial charge < -0.3 is 4.18 Å². The minimum Gasteiger partial charge on any atom is -0.360 e. The molecule has 0 aromatic heterocycles. The van der Waals surface area contributed by atoms with Gasteiger partial charge in [0.25, 0.3) is 0 Å². The zero-order valence-corrected chi connectivity index (χ0v) is 10.8. The Morgan fingerprint density at radius 1 is 1.24 bits per heavy atom. The van der Waals surface area contributed by atoms with E-state index in [4.69, 9.17) is 0 Å². The maximum absolute atomic E-state index is 11.6. The fraction of sp³-hybridized carbons (Fsp3) is 0.455. The summed E-state index contributed by atoms with van der Waals surface area (Å²) in [6, 6.07) is 6.41. The monoisotopic (exact) mass is 262 g/mol. The van der Waals surface area contributed by atoms with Crippen LogP contribution >= 0.6 is 0 Å².